The zero-order chi connectivity index (χ0) is 17.0. The Hall–Kier alpha value is -2.32. The lowest BCUT2D eigenvalue weighted by atomic mass is 10.0. The minimum Gasteiger partial charge on any atom is -0.342 e. The maximum absolute atomic E-state index is 2.41. The highest BCUT2D eigenvalue weighted by molar-refractivity contribution is 7.26. The van der Waals surface area contributed by atoms with Crippen molar-refractivity contribution in [2.45, 2.75) is 26.2 Å². The number of unbranched alkanes of at least 4 members (excludes halogenated alkanes) is 1. The van der Waals surface area contributed by atoms with Gasteiger partial charge in [-0.05, 0) is 30.5 Å². The lowest BCUT2D eigenvalue weighted by molar-refractivity contribution is 0.796. The van der Waals surface area contributed by atoms with Crippen molar-refractivity contribution in [3.05, 3.63) is 60.2 Å². The van der Waals surface area contributed by atoms with Crippen LogP contribution in [0, 0.1) is 0 Å². The number of hydrogen-bond donors (Lipinski definition) is 0. The molecule has 0 saturated heterocycles. The molecule has 0 aliphatic heterocycles. The van der Waals surface area contributed by atoms with Gasteiger partial charge in [-0.3, -0.25) is 0 Å². The summed E-state index contributed by atoms with van der Waals surface area (Å²) in [6.45, 7) is 2.26. The molecule has 0 spiro atoms. The number of para-hydroxylation sites is 1. The molecule has 1 nitrogen and oxygen atoms in total. The van der Waals surface area contributed by atoms with Gasteiger partial charge in [0.15, 0.2) is 0 Å². The minimum absolute atomic E-state index is 1.18. The normalized spacial score (nSPS) is 12.1. The molecule has 0 amide bonds. The number of benzene rings is 3. The van der Waals surface area contributed by atoms with Crippen molar-refractivity contribution < 1.29 is 0 Å². The van der Waals surface area contributed by atoms with Crippen molar-refractivity contribution in [1.82, 2.24) is 4.57 Å². The van der Waals surface area contributed by atoms with E-state index >= 15 is 0 Å². The summed E-state index contributed by atoms with van der Waals surface area (Å²) in [7, 11) is 2.20. The molecule has 0 bridgehead atoms. The van der Waals surface area contributed by atoms with E-state index in [0.29, 0.717) is 0 Å². The molecule has 2 aromatic heterocycles. The van der Waals surface area contributed by atoms with E-state index in [1.165, 1.54) is 66.8 Å². The number of fused-ring (bicyclic) bond motifs is 7. The van der Waals surface area contributed by atoms with Crippen molar-refractivity contribution in [1.29, 1.82) is 0 Å². The van der Waals surface area contributed by atoms with Gasteiger partial charge in [-0.15, -0.1) is 11.3 Å². The van der Waals surface area contributed by atoms with Crippen LogP contribution in [0.5, 0.6) is 0 Å². The van der Waals surface area contributed by atoms with Crippen molar-refractivity contribution in [2.75, 3.05) is 0 Å². The fourth-order valence-electron chi connectivity index (χ4n) is 4.07. The summed E-state index contributed by atoms with van der Waals surface area (Å²) in [5.41, 5.74) is 4.15. The lowest BCUT2D eigenvalue weighted by Crippen LogP contribution is -1.85. The van der Waals surface area contributed by atoms with Gasteiger partial charge in [0.05, 0.1) is 10.2 Å². The molecule has 3 aromatic carbocycles. The molecule has 2 heterocycles. The lowest BCUT2D eigenvalue weighted by Gasteiger charge is -2.00. The molecule has 0 atom stereocenters. The molecule has 5 aromatic rings. The summed E-state index contributed by atoms with van der Waals surface area (Å²) < 4.78 is 5.20. The van der Waals surface area contributed by atoms with Crippen molar-refractivity contribution in [2.24, 2.45) is 7.05 Å². The van der Waals surface area contributed by atoms with Gasteiger partial charge >= 0.3 is 0 Å². The third kappa shape index (κ3) is 2.14. The second-order valence-corrected chi connectivity index (χ2v) is 8.00. The Labute approximate surface area is 151 Å². The van der Waals surface area contributed by atoms with Crippen molar-refractivity contribution in [3.63, 3.8) is 0 Å². The van der Waals surface area contributed by atoms with Gasteiger partial charge in [0.1, 0.15) is 0 Å². The van der Waals surface area contributed by atoms with E-state index < -0.39 is 0 Å². The quantitative estimate of drug-likeness (QED) is 0.331. The first-order valence-electron chi connectivity index (χ1n) is 9.09. The summed E-state index contributed by atoms with van der Waals surface area (Å²) in [5.74, 6) is 0. The van der Waals surface area contributed by atoms with Crippen molar-refractivity contribution in [3.8, 4) is 0 Å². The zero-order valence-corrected chi connectivity index (χ0v) is 15.5. The van der Waals surface area contributed by atoms with Crippen LogP contribution in [0.4, 0.5) is 0 Å². The van der Waals surface area contributed by atoms with E-state index in [1.807, 2.05) is 11.3 Å². The van der Waals surface area contributed by atoms with Gasteiger partial charge in [-0.1, -0.05) is 55.8 Å². The Bertz CT molecular complexity index is 1240. The van der Waals surface area contributed by atoms with Gasteiger partial charge in [0, 0.05) is 38.8 Å². The van der Waals surface area contributed by atoms with Crippen LogP contribution < -0.4 is 0 Å². The summed E-state index contributed by atoms with van der Waals surface area (Å²) in [6.07, 6.45) is 3.70. The van der Waals surface area contributed by atoms with Crippen LogP contribution in [0.3, 0.4) is 0 Å². The number of aromatic nitrogens is 1. The smallest absolute Gasteiger partial charge is 0.0670 e. The number of aryl methyl sites for hydroxylation is 2. The standard InChI is InChI=1S/C23H21NS/c1-3-4-7-15-10-11-17-19-13-12-18-16-8-5-6-9-20(16)24(2)22(18)23(19)25-21(17)14-15/h5-6,8-14H,3-4,7H2,1-2H3. The highest BCUT2D eigenvalue weighted by Crippen LogP contribution is 2.41. The predicted octanol–water partition coefficient (Wildman–Crippen LogP) is 7.04. The summed E-state index contributed by atoms with van der Waals surface area (Å²) >= 11 is 1.95. The van der Waals surface area contributed by atoms with Gasteiger partial charge < -0.3 is 4.57 Å². The number of rotatable bonds is 3. The first-order valence-corrected chi connectivity index (χ1v) is 9.91. The van der Waals surface area contributed by atoms with E-state index in [2.05, 4.69) is 73.1 Å². The fraction of sp³-hybridized carbons (Fsp3) is 0.217. The minimum atomic E-state index is 1.18. The van der Waals surface area contributed by atoms with Gasteiger partial charge in [0.2, 0.25) is 0 Å². The Morgan fingerprint density at radius 1 is 0.880 bits per heavy atom. The monoisotopic (exact) mass is 343 g/mol. The molecule has 0 aliphatic rings. The summed E-state index contributed by atoms with van der Waals surface area (Å²) in [6, 6.07) is 20.4. The topological polar surface area (TPSA) is 4.93 Å². The van der Waals surface area contributed by atoms with Crippen LogP contribution in [0.25, 0.3) is 42.0 Å². The second kappa shape index (κ2) is 5.60. The number of thiophene rings is 1. The van der Waals surface area contributed by atoms with Crippen molar-refractivity contribution >= 4 is 53.3 Å². The molecule has 124 valence electrons. The van der Waals surface area contributed by atoms with Crippen LogP contribution in [0.15, 0.2) is 54.6 Å². The van der Waals surface area contributed by atoms with Crippen LogP contribution in [-0.2, 0) is 13.5 Å². The van der Waals surface area contributed by atoms with E-state index in [9.17, 15) is 0 Å². The van der Waals surface area contributed by atoms with Gasteiger partial charge in [0.25, 0.3) is 0 Å². The van der Waals surface area contributed by atoms with Crippen LogP contribution in [0.1, 0.15) is 25.3 Å². The third-order valence-electron chi connectivity index (χ3n) is 5.39. The Balaban J connectivity index is 1.86. The van der Waals surface area contributed by atoms with E-state index in [-0.39, 0.29) is 0 Å². The van der Waals surface area contributed by atoms with E-state index in [1.54, 1.807) is 0 Å². The molecule has 5 rings (SSSR count). The van der Waals surface area contributed by atoms with E-state index in [4.69, 9.17) is 0 Å². The number of hydrogen-bond acceptors (Lipinski definition) is 1. The molecule has 0 N–H and O–H groups in total. The first kappa shape index (κ1) is 15.0. The Kier molecular flexibility index (Phi) is 3.36. The molecule has 0 radical (unpaired) electrons. The largest absolute Gasteiger partial charge is 0.342 e. The van der Waals surface area contributed by atoms with E-state index in [0.717, 1.165) is 0 Å². The molecule has 0 unspecified atom stereocenters. The van der Waals surface area contributed by atoms with Gasteiger partial charge in [-0.2, -0.15) is 0 Å². The Morgan fingerprint density at radius 2 is 1.68 bits per heavy atom. The van der Waals surface area contributed by atoms with Crippen LogP contribution in [0.2, 0.25) is 0 Å². The molecule has 25 heavy (non-hydrogen) atoms. The first-order chi connectivity index (χ1) is 12.3. The molecular formula is C23H21NS. The third-order valence-corrected chi connectivity index (χ3v) is 6.56. The number of nitrogens with zero attached hydrogens (tertiary/aromatic N) is 1. The highest BCUT2D eigenvalue weighted by Gasteiger charge is 2.14. The molecular weight excluding hydrogens is 322 g/mol. The predicted molar refractivity (Wildman–Crippen MR) is 112 cm³/mol. The second-order valence-electron chi connectivity index (χ2n) is 6.95. The fourth-order valence-corrected chi connectivity index (χ4v) is 5.42. The SMILES string of the molecule is CCCCc1ccc2c(c1)sc1c2ccc2c3ccccc3n(C)c21. The maximum atomic E-state index is 2.41. The van der Waals surface area contributed by atoms with Gasteiger partial charge in [-0.25, -0.2) is 0 Å². The molecule has 2 heteroatoms. The van der Waals surface area contributed by atoms with Crippen LogP contribution in [-0.4, -0.2) is 4.57 Å². The highest BCUT2D eigenvalue weighted by atomic mass is 32.1. The zero-order valence-electron chi connectivity index (χ0n) is 14.7. The Morgan fingerprint density at radius 3 is 2.56 bits per heavy atom. The average molecular weight is 343 g/mol. The average Bonchev–Trinajstić information content (AvgIpc) is 3.15. The van der Waals surface area contributed by atoms with Crippen LogP contribution >= 0.6 is 11.3 Å². The summed E-state index contributed by atoms with van der Waals surface area (Å²) in [5, 5.41) is 5.50. The molecule has 0 fully saturated rings. The molecule has 0 aliphatic carbocycles. The maximum Gasteiger partial charge on any atom is 0.0670 e. The summed E-state index contributed by atoms with van der Waals surface area (Å²) in [4.78, 5) is 0. The molecule has 0 saturated carbocycles.